The van der Waals surface area contributed by atoms with Gasteiger partial charge in [-0.05, 0) is 18.9 Å². The number of rotatable bonds is 3. The zero-order valence-corrected chi connectivity index (χ0v) is 16.5. The van der Waals surface area contributed by atoms with Crippen LogP contribution in [0.3, 0.4) is 0 Å². The molecule has 2 aliphatic rings. The van der Waals surface area contributed by atoms with Crippen molar-refractivity contribution in [2.75, 3.05) is 36.4 Å². The van der Waals surface area contributed by atoms with E-state index in [1.165, 1.54) is 32.1 Å². The number of nitrogens with zero attached hydrogens (tertiary/aromatic N) is 5. The largest absolute Gasteiger partial charge is 0.367 e. The van der Waals surface area contributed by atoms with Gasteiger partial charge in [0.15, 0.2) is 0 Å². The van der Waals surface area contributed by atoms with Crippen molar-refractivity contribution in [3.8, 4) is 0 Å². The van der Waals surface area contributed by atoms with Crippen LogP contribution >= 0.6 is 12.4 Å². The monoisotopic (exact) mass is 390 g/mol. The molecule has 1 amide bonds. The summed E-state index contributed by atoms with van der Waals surface area (Å²) >= 11 is 0. The smallest absolute Gasteiger partial charge is 0.219 e. The van der Waals surface area contributed by atoms with Crippen LogP contribution in [0.1, 0.15) is 39.0 Å². The SMILES string of the molecule is CC(=O)N1CCN(c2cc3c(NC4CCCCC4)ncnc3cn2)CC1.Cl. The fourth-order valence-corrected chi connectivity index (χ4v) is 3.93. The van der Waals surface area contributed by atoms with E-state index in [0.29, 0.717) is 6.04 Å². The molecule has 146 valence electrons. The van der Waals surface area contributed by atoms with E-state index in [1.807, 2.05) is 11.1 Å². The Hall–Kier alpha value is -2.15. The van der Waals surface area contributed by atoms with E-state index >= 15 is 0 Å². The Morgan fingerprint density at radius 2 is 1.81 bits per heavy atom. The van der Waals surface area contributed by atoms with Crippen LogP contribution in [0.5, 0.6) is 0 Å². The van der Waals surface area contributed by atoms with Crippen LogP contribution in [-0.4, -0.2) is 58.0 Å². The van der Waals surface area contributed by atoms with Gasteiger partial charge in [0.25, 0.3) is 0 Å². The zero-order chi connectivity index (χ0) is 17.9. The summed E-state index contributed by atoms with van der Waals surface area (Å²) < 4.78 is 0. The highest BCUT2D eigenvalue weighted by atomic mass is 35.5. The van der Waals surface area contributed by atoms with Crippen molar-refractivity contribution >= 4 is 40.9 Å². The van der Waals surface area contributed by atoms with E-state index in [-0.39, 0.29) is 18.3 Å². The maximum atomic E-state index is 11.5. The first-order valence-electron chi connectivity index (χ1n) is 9.58. The minimum atomic E-state index is 0. The third-order valence-corrected chi connectivity index (χ3v) is 5.50. The second-order valence-electron chi connectivity index (χ2n) is 7.25. The topological polar surface area (TPSA) is 74.2 Å². The minimum absolute atomic E-state index is 0. The summed E-state index contributed by atoms with van der Waals surface area (Å²) in [6.07, 6.45) is 9.76. The van der Waals surface area contributed by atoms with E-state index in [4.69, 9.17) is 0 Å². The maximum Gasteiger partial charge on any atom is 0.219 e. The Morgan fingerprint density at radius 1 is 1.07 bits per heavy atom. The molecule has 27 heavy (non-hydrogen) atoms. The molecule has 0 radical (unpaired) electrons. The highest BCUT2D eigenvalue weighted by Crippen LogP contribution is 2.27. The zero-order valence-electron chi connectivity index (χ0n) is 15.7. The van der Waals surface area contributed by atoms with E-state index in [9.17, 15) is 4.79 Å². The predicted molar refractivity (Wildman–Crippen MR) is 110 cm³/mol. The first-order valence-corrected chi connectivity index (χ1v) is 9.58. The number of fused-ring (bicyclic) bond motifs is 1. The first kappa shape index (κ1) is 19.6. The standard InChI is InChI=1S/C19H26N6O.ClH/c1-14(26)24-7-9-25(10-8-24)18-11-16-17(12-20-18)21-13-22-19(16)23-15-5-3-2-4-6-15;/h11-13,15H,2-10H2,1H3,(H,21,22,23);1H. The highest BCUT2D eigenvalue weighted by Gasteiger charge is 2.21. The number of anilines is 2. The summed E-state index contributed by atoms with van der Waals surface area (Å²) in [5.41, 5.74) is 0.865. The van der Waals surface area contributed by atoms with Crippen LogP contribution < -0.4 is 10.2 Å². The lowest BCUT2D eigenvalue weighted by molar-refractivity contribution is -0.129. The molecular weight excluding hydrogens is 364 g/mol. The summed E-state index contributed by atoms with van der Waals surface area (Å²) in [4.78, 5) is 29.1. The lowest BCUT2D eigenvalue weighted by Gasteiger charge is -2.35. The van der Waals surface area contributed by atoms with E-state index < -0.39 is 0 Å². The number of halogens is 1. The van der Waals surface area contributed by atoms with Crippen LogP contribution in [0.15, 0.2) is 18.6 Å². The average molecular weight is 391 g/mol. The number of hydrogen-bond donors (Lipinski definition) is 1. The summed E-state index contributed by atoms with van der Waals surface area (Å²) in [7, 11) is 0. The number of pyridine rings is 1. The van der Waals surface area contributed by atoms with Gasteiger partial charge in [0.2, 0.25) is 5.91 Å². The Labute approximate surface area is 166 Å². The molecule has 0 aromatic carbocycles. The van der Waals surface area contributed by atoms with Crippen molar-refractivity contribution in [1.82, 2.24) is 19.9 Å². The number of amides is 1. The van der Waals surface area contributed by atoms with Gasteiger partial charge in [-0.2, -0.15) is 0 Å². The highest BCUT2D eigenvalue weighted by molar-refractivity contribution is 5.90. The third kappa shape index (κ3) is 4.40. The molecule has 2 aromatic rings. The summed E-state index contributed by atoms with van der Waals surface area (Å²) in [5, 5.41) is 4.65. The summed E-state index contributed by atoms with van der Waals surface area (Å²) in [6.45, 7) is 4.72. The molecule has 2 aromatic heterocycles. The van der Waals surface area contributed by atoms with E-state index in [0.717, 1.165) is 48.7 Å². The normalized spacial score (nSPS) is 18.3. The van der Waals surface area contributed by atoms with E-state index in [1.54, 1.807) is 13.3 Å². The molecular formula is C19H27ClN6O. The summed E-state index contributed by atoms with van der Waals surface area (Å²) in [6, 6.07) is 2.58. The molecule has 3 heterocycles. The van der Waals surface area contributed by atoms with Crippen molar-refractivity contribution in [3.05, 3.63) is 18.6 Å². The van der Waals surface area contributed by atoms with Crippen molar-refractivity contribution in [2.45, 2.75) is 45.1 Å². The molecule has 0 atom stereocenters. The van der Waals surface area contributed by atoms with Crippen LogP contribution in [0.4, 0.5) is 11.6 Å². The van der Waals surface area contributed by atoms with Gasteiger partial charge in [-0.15, -0.1) is 12.4 Å². The fraction of sp³-hybridized carbons (Fsp3) is 0.579. The van der Waals surface area contributed by atoms with Gasteiger partial charge in [-0.1, -0.05) is 19.3 Å². The van der Waals surface area contributed by atoms with Crippen molar-refractivity contribution < 1.29 is 4.79 Å². The molecule has 7 nitrogen and oxygen atoms in total. The number of hydrogen-bond acceptors (Lipinski definition) is 6. The van der Waals surface area contributed by atoms with Crippen LogP contribution in [0, 0.1) is 0 Å². The van der Waals surface area contributed by atoms with Gasteiger partial charge >= 0.3 is 0 Å². The lowest BCUT2D eigenvalue weighted by Crippen LogP contribution is -2.48. The minimum Gasteiger partial charge on any atom is -0.367 e. The summed E-state index contributed by atoms with van der Waals surface area (Å²) in [5.74, 6) is 1.98. The third-order valence-electron chi connectivity index (χ3n) is 5.50. The molecule has 0 unspecified atom stereocenters. The quantitative estimate of drug-likeness (QED) is 0.868. The molecule has 0 bridgehead atoms. The Bertz CT molecular complexity index is 787. The second-order valence-corrected chi connectivity index (χ2v) is 7.25. The Balaban J connectivity index is 0.00000210. The van der Waals surface area contributed by atoms with Crippen molar-refractivity contribution in [2.24, 2.45) is 0 Å². The molecule has 2 fully saturated rings. The van der Waals surface area contributed by atoms with Gasteiger partial charge in [0, 0.05) is 44.5 Å². The van der Waals surface area contributed by atoms with Gasteiger partial charge in [-0.25, -0.2) is 15.0 Å². The molecule has 1 aliphatic heterocycles. The molecule has 1 N–H and O–H groups in total. The van der Waals surface area contributed by atoms with Gasteiger partial charge in [0.05, 0.1) is 11.7 Å². The van der Waals surface area contributed by atoms with Crippen LogP contribution in [0.25, 0.3) is 10.9 Å². The molecule has 1 aliphatic carbocycles. The molecule has 4 rings (SSSR count). The first-order chi connectivity index (χ1) is 12.7. The molecule has 0 spiro atoms. The average Bonchev–Trinajstić information content (AvgIpc) is 2.69. The lowest BCUT2D eigenvalue weighted by atomic mass is 9.95. The second kappa shape index (κ2) is 8.69. The molecule has 8 heteroatoms. The number of carbonyl (C=O) groups is 1. The maximum absolute atomic E-state index is 11.5. The number of nitrogens with one attached hydrogen (secondary N) is 1. The van der Waals surface area contributed by atoms with Crippen LogP contribution in [-0.2, 0) is 4.79 Å². The fourth-order valence-electron chi connectivity index (χ4n) is 3.93. The van der Waals surface area contributed by atoms with Gasteiger partial charge in [0.1, 0.15) is 18.0 Å². The number of carbonyl (C=O) groups excluding carboxylic acids is 1. The number of aromatic nitrogens is 3. The Kier molecular flexibility index (Phi) is 6.31. The van der Waals surface area contributed by atoms with Crippen LogP contribution in [0.2, 0.25) is 0 Å². The molecule has 1 saturated heterocycles. The van der Waals surface area contributed by atoms with Gasteiger partial charge < -0.3 is 15.1 Å². The predicted octanol–water partition coefficient (Wildman–Crippen LogP) is 2.86. The van der Waals surface area contributed by atoms with Crippen molar-refractivity contribution in [1.29, 1.82) is 0 Å². The van der Waals surface area contributed by atoms with Gasteiger partial charge in [-0.3, -0.25) is 4.79 Å². The van der Waals surface area contributed by atoms with E-state index in [2.05, 4.69) is 31.2 Å². The Morgan fingerprint density at radius 3 is 2.52 bits per heavy atom. The molecule has 1 saturated carbocycles. The number of piperazine rings is 1. The van der Waals surface area contributed by atoms with Crippen molar-refractivity contribution in [3.63, 3.8) is 0 Å².